The third kappa shape index (κ3) is 6.04. The maximum absolute atomic E-state index is 5.52. The van der Waals surface area contributed by atoms with Gasteiger partial charge in [-0.05, 0) is 32.4 Å². The molecule has 0 saturated carbocycles. The van der Waals surface area contributed by atoms with Gasteiger partial charge in [-0.15, -0.1) is 0 Å². The van der Waals surface area contributed by atoms with Crippen LogP contribution in [0.25, 0.3) is 0 Å². The first-order valence-corrected chi connectivity index (χ1v) is 7.69. The van der Waals surface area contributed by atoms with E-state index in [0.29, 0.717) is 19.3 Å². The highest BCUT2D eigenvalue weighted by molar-refractivity contribution is 9.10. The minimum absolute atomic E-state index is 0.103. The van der Waals surface area contributed by atoms with Gasteiger partial charge in [0.1, 0.15) is 0 Å². The molecule has 1 aromatic rings. The molecule has 0 unspecified atom stereocenters. The summed E-state index contributed by atoms with van der Waals surface area (Å²) in [6.45, 7) is 8.38. The summed E-state index contributed by atoms with van der Waals surface area (Å²) in [7, 11) is 0. The van der Waals surface area contributed by atoms with Gasteiger partial charge in [-0.3, -0.25) is 0 Å². The predicted octanol–water partition coefficient (Wildman–Crippen LogP) is 3.89. The second kappa shape index (κ2) is 9.48. The SMILES string of the molecule is CCOC(CCN[C@H](C)c1ccccc1Br)OCC. The van der Waals surface area contributed by atoms with Crippen molar-refractivity contribution in [2.24, 2.45) is 0 Å². The summed E-state index contributed by atoms with van der Waals surface area (Å²) in [6.07, 6.45) is 0.755. The molecule has 1 N–H and O–H groups in total. The van der Waals surface area contributed by atoms with Crippen molar-refractivity contribution in [1.82, 2.24) is 5.32 Å². The van der Waals surface area contributed by atoms with Crippen molar-refractivity contribution in [3.05, 3.63) is 34.3 Å². The molecule has 4 heteroatoms. The Morgan fingerprint density at radius 1 is 1.16 bits per heavy atom. The Labute approximate surface area is 124 Å². The maximum Gasteiger partial charge on any atom is 0.158 e. The summed E-state index contributed by atoms with van der Waals surface area (Å²) < 4.78 is 12.2. The molecular weight excluding hydrogens is 306 g/mol. The lowest BCUT2D eigenvalue weighted by Gasteiger charge is -2.20. The Morgan fingerprint density at radius 2 is 1.79 bits per heavy atom. The van der Waals surface area contributed by atoms with Crippen LogP contribution in [0.5, 0.6) is 0 Å². The van der Waals surface area contributed by atoms with E-state index in [1.54, 1.807) is 0 Å². The standard InChI is InChI=1S/C15H24BrNO2/c1-4-18-15(19-5-2)10-11-17-12(3)13-8-6-7-9-14(13)16/h6-9,12,15,17H,4-5,10-11H2,1-3H3/t12-/m1/s1. The van der Waals surface area contributed by atoms with E-state index in [2.05, 4.69) is 46.4 Å². The van der Waals surface area contributed by atoms with Crippen LogP contribution < -0.4 is 5.32 Å². The molecule has 1 rings (SSSR count). The first kappa shape index (κ1) is 16.6. The number of ether oxygens (including phenoxy) is 2. The zero-order valence-electron chi connectivity index (χ0n) is 12.0. The van der Waals surface area contributed by atoms with Crippen molar-refractivity contribution in [3.8, 4) is 0 Å². The van der Waals surface area contributed by atoms with Crippen molar-refractivity contribution in [3.63, 3.8) is 0 Å². The molecule has 0 saturated heterocycles. The van der Waals surface area contributed by atoms with E-state index in [-0.39, 0.29) is 6.29 Å². The van der Waals surface area contributed by atoms with Crippen LogP contribution in [0.2, 0.25) is 0 Å². The van der Waals surface area contributed by atoms with Gasteiger partial charge in [0.2, 0.25) is 0 Å². The molecule has 0 aliphatic rings. The van der Waals surface area contributed by atoms with E-state index in [9.17, 15) is 0 Å². The molecule has 108 valence electrons. The lowest BCUT2D eigenvalue weighted by atomic mass is 10.1. The lowest BCUT2D eigenvalue weighted by molar-refractivity contribution is -0.138. The Morgan fingerprint density at radius 3 is 2.37 bits per heavy atom. The van der Waals surface area contributed by atoms with E-state index in [4.69, 9.17) is 9.47 Å². The van der Waals surface area contributed by atoms with E-state index in [0.717, 1.165) is 17.4 Å². The molecule has 0 aliphatic carbocycles. The summed E-state index contributed by atoms with van der Waals surface area (Å²) in [5, 5.41) is 3.50. The zero-order chi connectivity index (χ0) is 14.1. The van der Waals surface area contributed by atoms with Gasteiger partial charge >= 0.3 is 0 Å². The number of hydrogen-bond acceptors (Lipinski definition) is 3. The van der Waals surface area contributed by atoms with Crippen LogP contribution in [0.15, 0.2) is 28.7 Å². The Bertz CT molecular complexity index is 354. The number of halogens is 1. The van der Waals surface area contributed by atoms with Crippen molar-refractivity contribution >= 4 is 15.9 Å². The fourth-order valence-corrected chi connectivity index (χ4v) is 2.57. The number of rotatable bonds is 9. The quantitative estimate of drug-likeness (QED) is 0.697. The Kier molecular flexibility index (Phi) is 8.30. The monoisotopic (exact) mass is 329 g/mol. The third-order valence-electron chi connectivity index (χ3n) is 2.91. The highest BCUT2D eigenvalue weighted by Gasteiger charge is 2.11. The molecule has 0 fully saturated rings. The molecule has 0 spiro atoms. The van der Waals surface area contributed by atoms with Crippen molar-refractivity contribution in [2.75, 3.05) is 19.8 Å². The molecular formula is C15H24BrNO2. The molecule has 0 aromatic heterocycles. The second-order valence-corrected chi connectivity index (χ2v) is 5.18. The highest BCUT2D eigenvalue weighted by atomic mass is 79.9. The first-order chi connectivity index (χ1) is 9.19. The van der Waals surface area contributed by atoms with Crippen LogP contribution in [0, 0.1) is 0 Å². The number of hydrogen-bond donors (Lipinski definition) is 1. The summed E-state index contributed by atoms with van der Waals surface area (Å²) in [5.74, 6) is 0. The molecule has 0 aliphatic heterocycles. The summed E-state index contributed by atoms with van der Waals surface area (Å²) in [5.41, 5.74) is 1.27. The maximum atomic E-state index is 5.52. The van der Waals surface area contributed by atoms with Gasteiger partial charge in [0, 0.05) is 36.7 Å². The van der Waals surface area contributed by atoms with E-state index >= 15 is 0 Å². The zero-order valence-corrected chi connectivity index (χ0v) is 13.6. The minimum atomic E-state index is -0.103. The largest absolute Gasteiger partial charge is 0.353 e. The highest BCUT2D eigenvalue weighted by Crippen LogP contribution is 2.22. The minimum Gasteiger partial charge on any atom is -0.353 e. The number of nitrogens with one attached hydrogen (secondary N) is 1. The van der Waals surface area contributed by atoms with Gasteiger partial charge in [0.15, 0.2) is 6.29 Å². The fourth-order valence-electron chi connectivity index (χ4n) is 1.94. The average molecular weight is 330 g/mol. The second-order valence-electron chi connectivity index (χ2n) is 4.33. The van der Waals surface area contributed by atoms with Crippen molar-refractivity contribution in [1.29, 1.82) is 0 Å². The van der Waals surface area contributed by atoms with Crippen LogP contribution in [0.1, 0.15) is 38.8 Å². The molecule has 0 heterocycles. The first-order valence-electron chi connectivity index (χ1n) is 6.90. The van der Waals surface area contributed by atoms with E-state index in [1.165, 1.54) is 5.56 Å². The third-order valence-corrected chi connectivity index (χ3v) is 3.63. The van der Waals surface area contributed by atoms with Gasteiger partial charge in [-0.1, -0.05) is 34.1 Å². The van der Waals surface area contributed by atoms with Crippen LogP contribution in [0.4, 0.5) is 0 Å². The van der Waals surface area contributed by atoms with Crippen LogP contribution in [-0.2, 0) is 9.47 Å². The van der Waals surface area contributed by atoms with Crippen molar-refractivity contribution < 1.29 is 9.47 Å². The van der Waals surface area contributed by atoms with Gasteiger partial charge in [0.25, 0.3) is 0 Å². The van der Waals surface area contributed by atoms with Crippen LogP contribution >= 0.6 is 15.9 Å². The molecule has 0 bridgehead atoms. The normalized spacial score (nSPS) is 12.9. The average Bonchev–Trinajstić information content (AvgIpc) is 2.39. The molecule has 3 nitrogen and oxygen atoms in total. The summed E-state index contributed by atoms with van der Waals surface area (Å²) in [4.78, 5) is 0. The van der Waals surface area contributed by atoms with E-state index < -0.39 is 0 Å². The number of benzene rings is 1. The van der Waals surface area contributed by atoms with Gasteiger partial charge < -0.3 is 14.8 Å². The molecule has 19 heavy (non-hydrogen) atoms. The molecule has 1 atom stereocenters. The van der Waals surface area contributed by atoms with Crippen LogP contribution in [0.3, 0.4) is 0 Å². The van der Waals surface area contributed by atoms with E-state index in [1.807, 2.05) is 19.9 Å². The summed E-state index contributed by atoms with van der Waals surface area (Å²) >= 11 is 3.58. The fraction of sp³-hybridized carbons (Fsp3) is 0.600. The Hall–Kier alpha value is -0.420. The van der Waals surface area contributed by atoms with Gasteiger partial charge in [-0.2, -0.15) is 0 Å². The topological polar surface area (TPSA) is 30.5 Å². The van der Waals surface area contributed by atoms with Crippen molar-refractivity contribution in [2.45, 2.75) is 39.5 Å². The lowest BCUT2D eigenvalue weighted by Crippen LogP contribution is -2.26. The molecule has 1 aromatic carbocycles. The van der Waals surface area contributed by atoms with Crippen LogP contribution in [-0.4, -0.2) is 26.0 Å². The summed E-state index contributed by atoms with van der Waals surface area (Å²) in [6, 6.07) is 8.59. The Balaban J connectivity index is 2.37. The van der Waals surface area contributed by atoms with Gasteiger partial charge in [0.05, 0.1) is 0 Å². The smallest absolute Gasteiger partial charge is 0.158 e. The van der Waals surface area contributed by atoms with Gasteiger partial charge in [-0.25, -0.2) is 0 Å². The predicted molar refractivity (Wildman–Crippen MR) is 82.2 cm³/mol. The molecule has 0 amide bonds. The molecule has 0 radical (unpaired) electrons.